The van der Waals surface area contributed by atoms with Gasteiger partial charge in [-0.1, -0.05) is 48.0 Å². The first kappa shape index (κ1) is 22.3. The molecule has 2 N–H and O–H groups in total. The molecule has 1 amide bonds. The zero-order valence-electron chi connectivity index (χ0n) is 15.0. The molecule has 0 aliphatic heterocycles. The minimum absolute atomic E-state index is 0.00193. The van der Waals surface area contributed by atoms with E-state index in [0.29, 0.717) is 11.6 Å². The Morgan fingerprint density at radius 3 is 2.33 bits per heavy atom. The molecule has 3 rings (SSSR count). The van der Waals surface area contributed by atoms with Crippen molar-refractivity contribution in [2.24, 2.45) is 0 Å². The first-order valence-corrected chi connectivity index (χ1v) is 11.1. The van der Waals surface area contributed by atoms with Crippen LogP contribution in [0, 0.1) is 0 Å². The van der Waals surface area contributed by atoms with Crippen molar-refractivity contribution in [3.05, 3.63) is 82.2 Å². The van der Waals surface area contributed by atoms with Crippen molar-refractivity contribution in [2.75, 3.05) is 5.32 Å². The number of halogens is 4. The lowest BCUT2D eigenvalue weighted by atomic mass is 10.1. The highest BCUT2D eigenvalue weighted by Crippen LogP contribution is 2.36. The molecule has 0 radical (unpaired) electrons. The Labute approximate surface area is 179 Å². The Balaban J connectivity index is 1.92. The molecule has 0 spiro atoms. The molecule has 0 saturated heterocycles. The third kappa shape index (κ3) is 5.20. The quantitative estimate of drug-likeness (QED) is 0.523. The average molecular weight is 475 g/mol. The maximum atomic E-state index is 13.1. The summed E-state index contributed by atoms with van der Waals surface area (Å²) in [5.74, 6) is -0.850. The van der Waals surface area contributed by atoms with Crippen molar-refractivity contribution < 1.29 is 26.4 Å². The number of benzene rings is 2. The van der Waals surface area contributed by atoms with E-state index in [2.05, 4.69) is 10.0 Å². The molecule has 11 heteroatoms. The van der Waals surface area contributed by atoms with Crippen LogP contribution in [0.25, 0.3) is 0 Å². The van der Waals surface area contributed by atoms with Gasteiger partial charge in [-0.05, 0) is 35.2 Å². The Hall–Kier alpha value is -2.40. The molecule has 30 heavy (non-hydrogen) atoms. The van der Waals surface area contributed by atoms with Crippen LogP contribution in [0.3, 0.4) is 0 Å². The minimum atomic E-state index is -4.71. The van der Waals surface area contributed by atoms with Gasteiger partial charge in [-0.2, -0.15) is 17.9 Å². The summed E-state index contributed by atoms with van der Waals surface area (Å²) >= 11 is 6.56. The Bertz CT molecular complexity index is 1140. The first-order chi connectivity index (χ1) is 14.1. The van der Waals surface area contributed by atoms with E-state index in [1.165, 1.54) is 24.3 Å². The maximum Gasteiger partial charge on any atom is 0.417 e. The third-order valence-electron chi connectivity index (χ3n) is 3.97. The number of alkyl halides is 3. The predicted molar refractivity (Wildman–Crippen MR) is 109 cm³/mol. The summed E-state index contributed by atoms with van der Waals surface area (Å²) in [5, 5.41) is 3.38. The molecule has 2 aromatic carbocycles. The fourth-order valence-corrected chi connectivity index (χ4v) is 5.00. The Morgan fingerprint density at radius 2 is 1.73 bits per heavy atom. The Kier molecular flexibility index (Phi) is 6.51. The zero-order valence-corrected chi connectivity index (χ0v) is 17.4. The molecule has 1 atom stereocenters. The lowest BCUT2D eigenvalue weighted by molar-refractivity contribution is -0.137. The van der Waals surface area contributed by atoms with Crippen LogP contribution >= 0.6 is 22.9 Å². The molecule has 0 aliphatic carbocycles. The van der Waals surface area contributed by atoms with Gasteiger partial charge in [-0.15, -0.1) is 11.3 Å². The van der Waals surface area contributed by atoms with Gasteiger partial charge in [0, 0.05) is 5.69 Å². The fourth-order valence-electron chi connectivity index (χ4n) is 2.58. The molecule has 0 fully saturated rings. The van der Waals surface area contributed by atoms with Crippen LogP contribution < -0.4 is 10.0 Å². The van der Waals surface area contributed by atoms with Gasteiger partial charge in [-0.25, -0.2) is 8.42 Å². The van der Waals surface area contributed by atoms with E-state index in [0.717, 1.165) is 17.4 Å². The van der Waals surface area contributed by atoms with Crippen molar-refractivity contribution in [3.63, 3.8) is 0 Å². The van der Waals surface area contributed by atoms with Crippen LogP contribution in [0.1, 0.15) is 17.2 Å². The van der Waals surface area contributed by atoms with E-state index in [1.807, 2.05) is 0 Å². The lowest BCUT2D eigenvalue weighted by Gasteiger charge is -2.19. The van der Waals surface area contributed by atoms with Gasteiger partial charge in [0.25, 0.3) is 10.0 Å². The topological polar surface area (TPSA) is 75.3 Å². The number of hydrogen-bond donors (Lipinski definition) is 2. The highest BCUT2D eigenvalue weighted by atomic mass is 35.5. The first-order valence-electron chi connectivity index (χ1n) is 8.36. The smallest absolute Gasteiger partial charge is 0.324 e. The van der Waals surface area contributed by atoms with Crippen LogP contribution in [0.4, 0.5) is 18.9 Å². The minimum Gasteiger partial charge on any atom is -0.324 e. The number of rotatable bonds is 6. The largest absolute Gasteiger partial charge is 0.417 e. The molecular weight excluding hydrogens is 461 g/mol. The van der Waals surface area contributed by atoms with Crippen LogP contribution in [0.2, 0.25) is 5.02 Å². The van der Waals surface area contributed by atoms with Crippen molar-refractivity contribution >= 4 is 44.6 Å². The lowest BCUT2D eigenvalue weighted by Crippen LogP contribution is -2.36. The van der Waals surface area contributed by atoms with Crippen molar-refractivity contribution in [1.29, 1.82) is 0 Å². The van der Waals surface area contributed by atoms with E-state index in [-0.39, 0.29) is 9.90 Å². The van der Waals surface area contributed by atoms with Gasteiger partial charge in [0.2, 0.25) is 5.91 Å². The Morgan fingerprint density at radius 1 is 1.03 bits per heavy atom. The second kappa shape index (κ2) is 8.76. The number of nitrogens with one attached hydrogen (secondary N) is 2. The van der Waals surface area contributed by atoms with E-state index < -0.39 is 38.7 Å². The van der Waals surface area contributed by atoms with E-state index >= 15 is 0 Å². The molecule has 158 valence electrons. The number of carbonyl (C=O) groups is 1. The molecule has 3 aromatic rings. The van der Waals surface area contributed by atoms with Gasteiger partial charge >= 0.3 is 6.18 Å². The molecule has 1 heterocycles. The van der Waals surface area contributed by atoms with Gasteiger partial charge < -0.3 is 5.32 Å². The van der Waals surface area contributed by atoms with E-state index in [4.69, 9.17) is 11.6 Å². The number of sulfonamides is 1. The molecule has 1 aromatic heterocycles. The van der Waals surface area contributed by atoms with Crippen LogP contribution in [0.15, 0.2) is 70.3 Å². The van der Waals surface area contributed by atoms with E-state index in [1.54, 1.807) is 29.6 Å². The molecule has 0 unspecified atom stereocenters. The fraction of sp³-hybridized carbons (Fsp3) is 0.105. The number of amides is 1. The van der Waals surface area contributed by atoms with Gasteiger partial charge in [0.15, 0.2) is 0 Å². The van der Waals surface area contributed by atoms with Gasteiger partial charge in [0.05, 0.1) is 10.6 Å². The van der Waals surface area contributed by atoms with Crippen LogP contribution in [0.5, 0.6) is 0 Å². The molecule has 5 nitrogen and oxygen atoms in total. The van der Waals surface area contributed by atoms with Crippen molar-refractivity contribution in [3.8, 4) is 0 Å². The standard InChI is InChI=1S/C19H14ClF3N2O3S2/c20-15-9-8-13(11-14(15)19(21,22)23)24-18(26)17(12-5-2-1-3-6-12)25-30(27,28)16-7-4-10-29-16/h1-11,17,25H,(H,24,26)/t17-/m1/s1. The predicted octanol–water partition coefficient (Wildman–Crippen LogP) is 5.08. The summed E-state index contributed by atoms with van der Waals surface area (Å²) in [4.78, 5) is 12.9. The van der Waals surface area contributed by atoms with Gasteiger partial charge in [-0.3, -0.25) is 4.79 Å². The molecular formula is C19H14ClF3N2O3S2. The average Bonchev–Trinajstić information content (AvgIpc) is 3.23. The van der Waals surface area contributed by atoms with Crippen molar-refractivity contribution in [2.45, 2.75) is 16.4 Å². The maximum absolute atomic E-state index is 13.1. The summed E-state index contributed by atoms with van der Waals surface area (Å²) in [7, 11) is -4.03. The number of carbonyl (C=O) groups excluding carboxylic acids is 1. The highest BCUT2D eigenvalue weighted by molar-refractivity contribution is 7.91. The summed E-state index contributed by atoms with van der Waals surface area (Å²) in [6.07, 6.45) is -4.71. The summed E-state index contributed by atoms with van der Waals surface area (Å²) in [6.45, 7) is 0. The SMILES string of the molecule is O=C(Nc1ccc(Cl)c(C(F)(F)F)c1)[C@H](NS(=O)(=O)c1cccs1)c1ccccc1. The monoisotopic (exact) mass is 474 g/mol. The summed E-state index contributed by atoms with van der Waals surface area (Å²) < 4.78 is 66.8. The van der Waals surface area contributed by atoms with E-state index in [9.17, 15) is 26.4 Å². The second-order valence-corrected chi connectivity index (χ2v) is 9.37. The van der Waals surface area contributed by atoms with Crippen molar-refractivity contribution in [1.82, 2.24) is 4.72 Å². The normalized spacial score (nSPS) is 13.1. The summed E-state index contributed by atoms with van der Waals surface area (Å²) in [5.41, 5.74) is -0.967. The number of thiophene rings is 1. The second-order valence-electron chi connectivity index (χ2n) is 6.08. The van der Waals surface area contributed by atoms with Crippen LogP contribution in [-0.2, 0) is 21.0 Å². The van der Waals surface area contributed by atoms with Gasteiger partial charge in [0.1, 0.15) is 10.3 Å². The zero-order chi connectivity index (χ0) is 21.9. The molecule has 0 aliphatic rings. The van der Waals surface area contributed by atoms with Crippen LogP contribution in [-0.4, -0.2) is 14.3 Å². The number of hydrogen-bond acceptors (Lipinski definition) is 4. The molecule has 0 saturated carbocycles. The number of anilines is 1. The molecule has 0 bridgehead atoms. The summed E-state index contributed by atoms with van der Waals surface area (Å²) in [6, 6.07) is 12.4. The highest BCUT2D eigenvalue weighted by Gasteiger charge is 2.34. The third-order valence-corrected chi connectivity index (χ3v) is 7.12.